The number of para-hydroxylation sites is 1. The van der Waals surface area contributed by atoms with Crippen molar-refractivity contribution in [1.82, 2.24) is 19.6 Å². The van der Waals surface area contributed by atoms with E-state index < -0.39 is 0 Å². The molecule has 62 valence electrons. The van der Waals surface area contributed by atoms with Crippen molar-refractivity contribution in [2.45, 2.75) is 0 Å². The smallest absolute Gasteiger partial charge is 0.255 e. The number of rotatable bonds is 0. The molecule has 0 atom stereocenters. The highest BCUT2D eigenvalue weighted by molar-refractivity contribution is 5.78. The number of aromatic nitrogens is 4. The average molecular weight is 170 g/mol. The molecule has 3 aromatic rings. The molecular weight excluding hydrogens is 164 g/mol. The van der Waals surface area contributed by atoms with Gasteiger partial charge in [0.2, 0.25) is 0 Å². The van der Waals surface area contributed by atoms with Crippen LogP contribution in [-0.2, 0) is 0 Å². The highest BCUT2D eigenvalue weighted by Gasteiger charge is 1.98. The SMILES string of the molecule is c1ccc2nc3nncn3cc2c1. The fraction of sp³-hybridized carbons (Fsp3) is 0. The van der Waals surface area contributed by atoms with Crippen LogP contribution in [0.2, 0.25) is 0 Å². The number of fused-ring (bicyclic) bond motifs is 2. The summed E-state index contributed by atoms with van der Waals surface area (Å²) in [5.41, 5.74) is 0.947. The van der Waals surface area contributed by atoms with Gasteiger partial charge in [0.15, 0.2) is 0 Å². The number of hydrogen-bond acceptors (Lipinski definition) is 3. The summed E-state index contributed by atoms with van der Waals surface area (Å²) in [6.45, 7) is 0. The first-order valence-corrected chi connectivity index (χ1v) is 3.99. The van der Waals surface area contributed by atoms with Crippen LogP contribution in [0.3, 0.4) is 0 Å². The second-order valence-corrected chi connectivity index (χ2v) is 2.84. The first-order valence-electron chi connectivity index (χ1n) is 3.99. The highest BCUT2D eigenvalue weighted by atomic mass is 15.3. The van der Waals surface area contributed by atoms with Gasteiger partial charge in [0.05, 0.1) is 5.52 Å². The maximum atomic E-state index is 4.33. The number of hydrogen-bond donors (Lipinski definition) is 0. The van der Waals surface area contributed by atoms with Crippen LogP contribution in [0, 0.1) is 0 Å². The van der Waals surface area contributed by atoms with Gasteiger partial charge < -0.3 is 0 Å². The fourth-order valence-electron chi connectivity index (χ4n) is 1.36. The van der Waals surface area contributed by atoms with Gasteiger partial charge in [-0.2, -0.15) is 0 Å². The molecule has 0 unspecified atom stereocenters. The minimum absolute atomic E-state index is 0.638. The molecule has 0 aliphatic carbocycles. The van der Waals surface area contributed by atoms with Crippen LogP contribution < -0.4 is 0 Å². The van der Waals surface area contributed by atoms with Gasteiger partial charge in [-0.1, -0.05) is 18.2 Å². The van der Waals surface area contributed by atoms with Gasteiger partial charge in [0.1, 0.15) is 6.33 Å². The first kappa shape index (κ1) is 6.54. The molecule has 2 heterocycles. The molecule has 0 saturated heterocycles. The van der Waals surface area contributed by atoms with E-state index in [-0.39, 0.29) is 0 Å². The molecule has 4 heteroatoms. The third-order valence-corrected chi connectivity index (χ3v) is 1.99. The Morgan fingerprint density at radius 1 is 1.15 bits per heavy atom. The van der Waals surface area contributed by atoms with Crippen molar-refractivity contribution in [3.63, 3.8) is 0 Å². The van der Waals surface area contributed by atoms with Gasteiger partial charge in [0.25, 0.3) is 5.78 Å². The van der Waals surface area contributed by atoms with Crippen molar-refractivity contribution >= 4 is 16.7 Å². The number of nitrogens with zero attached hydrogens (tertiary/aromatic N) is 4. The van der Waals surface area contributed by atoms with Gasteiger partial charge in [-0.25, -0.2) is 4.98 Å². The van der Waals surface area contributed by atoms with E-state index in [0.29, 0.717) is 5.78 Å². The lowest BCUT2D eigenvalue weighted by Gasteiger charge is -1.96. The lowest BCUT2D eigenvalue weighted by molar-refractivity contribution is 1.10. The molecule has 13 heavy (non-hydrogen) atoms. The first-order chi connectivity index (χ1) is 6.43. The molecule has 1 aromatic carbocycles. The molecule has 0 N–H and O–H groups in total. The van der Waals surface area contributed by atoms with E-state index in [9.17, 15) is 0 Å². The van der Waals surface area contributed by atoms with Crippen LogP contribution in [0.15, 0.2) is 36.8 Å². The molecule has 0 spiro atoms. The zero-order valence-electron chi connectivity index (χ0n) is 6.75. The van der Waals surface area contributed by atoms with Gasteiger partial charge in [-0.3, -0.25) is 4.40 Å². The summed E-state index contributed by atoms with van der Waals surface area (Å²) in [6, 6.07) is 7.92. The van der Waals surface area contributed by atoms with E-state index in [1.165, 1.54) is 0 Å². The van der Waals surface area contributed by atoms with E-state index in [2.05, 4.69) is 15.2 Å². The molecule has 0 aliphatic rings. The average Bonchev–Trinajstić information content (AvgIpc) is 2.61. The molecule has 0 saturated carbocycles. The molecule has 4 nitrogen and oxygen atoms in total. The predicted octanol–water partition coefficient (Wildman–Crippen LogP) is 1.28. The second kappa shape index (κ2) is 2.26. The largest absolute Gasteiger partial charge is 0.272 e. The molecular formula is C9H6N4. The minimum Gasteiger partial charge on any atom is -0.272 e. The van der Waals surface area contributed by atoms with E-state index >= 15 is 0 Å². The van der Waals surface area contributed by atoms with Crippen LogP contribution in [0.4, 0.5) is 0 Å². The molecule has 0 bridgehead atoms. The third-order valence-electron chi connectivity index (χ3n) is 1.99. The summed E-state index contributed by atoms with van der Waals surface area (Å²) in [5.74, 6) is 0.638. The Labute approximate surface area is 73.9 Å². The molecule has 0 radical (unpaired) electrons. The molecule has 0 aliphatic heterocycles. The van der Waals surface area contributed by atoms with Crippen molar-refractivity contribution in [3.05, 3.63) is 36.8 Å². The zero-order valence-corrected chi connectivity index (χ0v) is 6.75. The Kier molecular flexibility index (Phi) is 1.14. The Bertz CT molecular complexity index is 520. The monoisotopic (exact) mass is 170 g/mol. The molecule has 3 rings (SSSR count). The second-order valence-electron chi connectivity index (χ2n) is 2.84. The summed E-state index contributed by atoms with van der Waals surface area (Å²) < 4.78 is 1.81. The van der Waals surface area contributed by atoms with Crippen molar-refractivity contribution in [3.8, 4) is 0 Å². The summed E-state index contributed by atoms with van der Waals surface area (Å²) in [5, 5.41) is 8.74. The van der Waals surface area contributed by atoms with Crippen LogP contribution in [0.5, 0.6) is 0 Å². The third kappa shape index (κ3) is 0.885. The maximum Gasteiger partial charge on any atom is 0.255 e. The summed E-state index contributed by atoms with van der Waals surface area (Å²) in [4.78, 5) is 4.33. The number of benzene rings is 1. The van der Waals surface area contributed by atoms with Crippen LogP contribution in [0.1, 0.15) is 0 Å². The Morgan fingerprint density at radius 3 is 3.08 bits per heavy atom. The van der Waals surface area contributed by atoms with Crippen molar-refractivity contribution in [1.29, 1.82) is 0 Å². The van der Waals surface area contributed by atoms with Crippen molar-refractivity contribution in [2.75, 3.05) is 0 Å². The van der Waals surface area contributed by atoms with Gasteiger partial charge in [-0.05, 0) is 6.07 Å². The topological polar surface area (TPSA) is 43.1 Å². The summed E-state index contributed by atoms with van der Waals surface area (Å²) in [7, 11) is 0. The van der Waals surface area contributed by atoms with E-state index in [0.717, 1.165) is 10.9 Å². The zero-order chi connectivity index (χ0) is 8.67. The quantitative estimate of drug-likeness (QED) is 0.510. The highest BCUT2D eigenvalue weighted by Crippen LogP contribution is 2.10. The normalized spacial score (nSPS) is 11.1. The Balaban J connectivity index is 2.57. The van der Waals surface area contributed by atoms with Crippen LogP contribution in [0.25, 0.3) is 16.7 Å². The van der Waals surface area contributed by atoms with E-state index in [4.69, 9.17) is 0 Å². The minimum atomic E-state index is 0.638. The predicted molar refractivity (Wildman–Crippen MR) is 48.3 cm³/mol. The van der Waals surface area contributed by atoms with Crippen molar-refractivity contribution in [2.24, 2.45) is 0 Å². The molecule has 0 fully saturated rings. The Hall–Kier alpha value is -1.97. The lowest BCUT2D eigenvalue weighted by atomic mass is 10.2. The maximum absolute atomic E-state index is 4.33. The summed E-state index contributed by atoms with van der Waals surface area (Å²) in [6.07, 6.45) is 3.62. The standard InChI is InChI=1S/C9H6N4/c1-2-4-8-7(3-1)5-13-6-10-12-9(13)11-8/h1-6H. The molecule has 2 aromatic heterocycles. The van der Waals surface area contributed by atoms with Gasteiger partial charge in [-0.15, -0.1) is 10.2 Å². The van der Waals surface area contributed by atoms with E-state index in [1.807, 2.05) is 34.9 Å². The molecule has 0 amide bonds. The fourth-order valence-corrected chi connectivity index (χ4v) is 1.36. The van der Waals surface area contributed by atoms with E-state index in [1.54, 1.807) is 6.33 Å². The van der Waals surface area contributed by atoms with Gasteiger partial charge in [0, 0.05) is 11.6 Å². The van der Waals surface area contributed by atoms with Crippen LogP contribution >= 0.6 is 0 Å². The lowest BCUT2D eigenvalue weighted by Crippen LogP contribution is -1.88. The van der Waals surface area contributed by atoms with Crippen LogP contribution in [-0.4, -0.2) is 19.6 Å². The summed E-state index contributed by atoms with van der Waals surface area (Å²) >= 11 is 0. The Morgan fingerprint density at radius 2 is 2.08 bits per heavy atom. The van der Waals surface area contributed by atoms with Crippen molar-refractivity contribution < 1.29 is 0 Å². The van der Waals surface area contributed by atoms with Gasteiger partial charge >= 0.3 is 0 Å².